The number of nitro benzene ring substituents is 1. The van der Waals surface area contributed by atoms with Crippen molar-refractivity contribution in [2.45, 2.75) is 0 Å². The van der Waals surface area contributed by atoms with Crippen LogP contribution in [0.3, 0.4) is 0 Å². The fourth-order valence-electron chi connectivity index (χ4n) is 2.00. The highest BCUT2D eigenvalue weighted by Gasteiger charge is 2.14. The topological polar surface area (TPSA) is 108 Å². The van der Waals surface area contributed by atoms with Crippen molar-refractivity contribution in [3.05, 3.63) is 63.7 Å². The van der Waals surface area contributed by atoms with Crippen LogP contribution in [0.1, 0.15) is 20.7 Å². The maximum Gasteiger partial charge on any atom is 0.337 e. The number of rotatable bonds is 5. The fourth-order valence-corrected chi connectivity index (χ4v) is 2.00. The van der Waals surface area contributed by atoms with Crippen LogP contribution in [0.25, 0.3) is 0 Å². The Balaban J connectivity index is 2.35. The van der Waals surface area contributed by atoms with Gasteiger partial charge in [0, 0.05) is 23.5 Å². The number of carbonyl (C=O) groups is 2. The lowest BCUT2D eigenvalue weighted by molar-refractivity contribution is -0.384. The van der Waals surface area contributed by atoms with Gasteiger partial charge in [0.1, 0.15) is 0 Å². The molecule has 2 aromatic rings. The number of methoxy groups -OCH3 is 2. The summed E-state index contributed by atoms with van der Waals surface area (Å²) in [4.78, 5) is 33.6. The van der Waals surface area contributed by atoms with Crippen LogP contribution in [0, 0.1) is 10.1 Å². The van der Waals surface area contributed by atoms with Gasteiger partial charge >= 0.3 is 11.9 Å². The minimum atomic E-state index is -0.604. The van der Waals surface area contributed by atoms with Crippen molar-refractivity contribution < 1.29 is 24.0 Å². The van der Waals surface area contributed by atoms with E-state index in [-0.39, 0.29) is 16.8 Å². The maximum atomic E-state index is 11.7. The van der Waals surface area contributed by atoms with Crippen molar-refractivity contribution in [1.29, 1.82) is 0 Å². The van der Waals surface area contributed by atoms with Gasteiger partial charge in [-0.05, 0) is 30.3 Å². The monoisotopic (exact) mass is 330 g/mol. The minimum Gasteiger partial charge on any atom is -0.465 e. The van der Waals surface area contributed by atoms with Crippen molar-refractivity contribution in [3.63, 3.8) is 0 Å². The van der Waals surface area contributed by atoms with E-state index in [1.165, 1.54) is 56.7 Å². The molecule has 2 aromatic carbocycles. The van der Waals surface area contributed by atoms with Crippen LogP contribution in [-0.2, 0) is 9.47 Å². The number of nitro groups is 1. The molecule has 0 spiro atoms. The van der Waals surface area contributed by atoms with E-state index in [9.17, 15) is 19.7 Å². The first-order valence-electron chi connectivity index (χ1n) is 6.78. The molecule has 1 N–H and O–H groups in total. The molecule has 0 aliphatic heterocycles. The number of hydrogen-bond donors (Lipinski definition) is 1. The second kappa shape index (κ2) is 7.23. The van der Waals surface area contributed by atoms with Crippen molar-refractivity contribution in [2.24, 2.45) is 0 Å². The molecule has 0 fully saturated rings. The van der Waals surface area contributed by atoms with Crippen LogP contribution in [0.5, 0.6) is 0 Å². The Morgan fingerprint density at radius 1 is 0.917 bits per heavy atom. The molecule has 24 heavy (non-hydrogen) atoms. The molecule has 0 atom stereocenters. The summed E-state index contributed by atoms with van der Waals surface area (Å²) < 4.78 is 9.32. The van der Waals surface area contributed by atoms with Gasteiger partial charge in [0.15, 0.2) is 0 Å². The van der Waals surface area contributed by atoms with Gasteiger partial charge in [-0.3, -0.25) is 10.1 Å². The van der Waals surface area contributed by atoms with Crippen molar-refractivity contribution in [2.75, 3.05) is 19.5 Å². The molecule has 2 rings (SSSR count). The molecule has 0 bridgehead atoms. The number of carbonyl (C=O) groups excluding carboxylic acids is 2. The first-order valence-corrected chi connectivity index (χ1v) is 6.78. The molecule has 124 valence electrons. The summed E-state index contributed by atoms with van der Waals surface area (Å²) in [5, 5.41) is 13.6. The molecular weight excluding hydrogens is 316 g/mol. The Bertz CT molecular complexity index is 751. The SMILES string of the molecule is COC(=O)c1cc(Nc2ccc([N+](=O)[O-])cc2)cc(C(=O)OC)c1. The third kappa shape index (κ3) is 3.86. The number of nitrogens with zero attached hydrogens (tertiary/aromatic N) is 1. The zero-order chi connectivity index (χ0) is 17.7. The molecule has 8 nitrogen and oxygen atoms in total. The Morgan fingerprint density at radius 3 is 1.83 bits per heavy atom. The molecular formula is C16H14N2O6. The zero-order valence-corrected chi connectivity index (χ0v) is 12.9. The number of non-ortho nitro benzene ring substituents is 1. The normalized spacial score (nSPS) is 9.92. The molecule has 8 heteroatoms. The van der Waals surface area contributed by atoms with E-state index >= 15 is 0 Å². The van der Waals surface area contributed by atoms with E-state index in [0.717, 1.165) is 0 Å². The lowest BCUT2D eigenvalue weighted by Gasteiger charge is -2.10. The predicted octanol–water partition coefficient (Wildman–Crippen LogP) is 2.91. The lowest BCUT2D eigenvalue weighted by Crippen LogP contribution is -2.07. The van der Waals surface area contributed by atoms with E-state index in [1.54, 1.807) is 0 Å². The van der Waals surface area contributed by atoms with Gasteiger partial charge in [-0.1, -0.05) is 0 Å². The Kier molecular flexibility index (Phi) is 5.10. The van der Waals surface area contributed by atoms with E-state index in [1.807, 2.05) is 0 Å². The average Bonchev–Trinajstić information content (AvgIpc) is 2.60. The van der Waals surface area contributed by atoms with Gasteiger partial charge in [-0.15, -0.1) is 0 Å². The standard InChI is InChI=1S/C16H14N2O6/c1-23-15(19)10-7-11(16(20)24-2)9-13(8-10)17-12-3-5-14(6-4-12)18(21)22/h3-9,17H,1-2H3. The molecule has 0 amide bonds. The number of hydrogen-bond acceptors (Lipinski definition) is 7. The number of nitrogens with one attached hydrogen (secondary N) is 1. The smallest absolute Gasteiger partial charge is 0.337 e. The average molecular weight is 330 g/mol. The first-order chi connectivity index (χ1) is 11.4. The zero-order valence-electron chi connectivity index (χ0n) is 12.9. The van der Waals surface area contributed by atoms with Crippen LogP contribution in [0.15, 0.2) is 42.5 Å². The second-order valence-corrected chi connectivity index (χ2v) is 4.71. The molecule has 0 radical (unpaired) electrons. The Labute approximate surface area is 137 Å². The highest BCUT2D eigenvalue weighted by atomic mass is 16.6. The van der Waals surface area contributed by atoms with Crippen molar-refractivity contribution >= 4 is 29.0 Å². The maximum absolute atomic E-state index is 11.7. The molecule has 0 saturated heterocycles. The van der Waals surface area contributed by atoms with Crippen LogP contribution >= 0.6 is 0 Å². The van der Waals surface area contributed by atoms with E-state index in [0.29, 0.717) is 11.4 Å². The first kappa shape index (κ1) is 16.9. The Hall–Kier alpha value is -3.42. The fraction of sp³-hybridized carbons (Fsp3) is 0.125. The third-order valence-corrected chi connectivity index (χ3v) is 3.14. The molecule has 0 aromatic heterocycles. The van der Waals surface area contributed by atoms with E-state index < -0.39 is 16.9 Å². The van der Waals surface area contributed by atoms with Crippen LogP contribution in [-0.4, -0.2) is 31.1 Å². The van der Waals surface area contributed by atoms with E-state index in [2.05, 4.69) is 14.8 Å². The molecule has 0 aliphatic carbocycles. The quantitative estimate of drug-likeness (QED) is 0.510. The van der Waals surface area contributed by atoms with Gasteiger partial charge in [-0.25, -0.2) is 9.59 Å². The highest BCUT2D eigenvalue weighted by Crippen LogP contribution is 2.23. The largest absolute Gasteiger partial charge is 0.465 e. The number of benzene rings is 2. The second-order valence-electron chi connectivity index (χ2n) is 4.71. The van der Waals surface area contributed by atoms with Crippen LogP contribution in [0.2, 0.25) is 0 Å². The number of anilines is 2. The van der Waals surface area contributed by atoms with Crippen LogP contribution in [0.4, 0.5) is 17.1 Å². The molecule has 0 heterocycles. The van der Waals surface area contributed by atoms with Gasteiger partial charge < -0.3 is 14.8 Å². The summed E-state index contributed by atoms with van der Waals surface area (Å²) in [5.74, 6) is -1.21. The van der Waals surface area contributed by atoms with Crippen molar-refractivity contribution in [3.8, 4) is 0 Å². The minimum absolute atomic E-state index is 0.0425. The number of esters is 2. The molecule has 0 saturated carbocycles. The summed E-state index contributed by atoms with van der Waals surface area (Å²) in [6.45, 7) is 0. The predicted molar refractivity (Wildman–Crippen MR) is 85.5 cm³/mol. The van der Waals surface area contributed by atoms with Crippen molar-refractivity contribution in [1.82, 2.24) is 0 Å². The highest BCUT2D eigenvalue weighted by molar-refractivity contribution is 5.97. The number of ether oxygens (including phenoxy) is 2. The van der Waals surface area contributed by atoms with Gasteiger partial charge in [-0.2, -0.15) is 0 Å². The lowest BCUT2D eigenvalue weighted by atomic mass is 10.1. The summed E-state index contributed by atoms with van der Waals surface area (Å²) >= 11 is 0. The Morgan fingerprint density at radius 2 is 1.42 bits per heavy atom. The van der Waals surface area contributed by atoms with E-state index in [4.69, 9.17) is 0 Å². The van der Waals surface area contributed by atoms with Gasteiger partial charge in [0.25, 0.3) is 5.69 Å². The summed E-state index contributed by atoms with van der Waals surface area (Å²) in [6.07, 6.45) is 0. The third-order valence-electron chi connectivity index (χ3n) is 3.14. The van der Waals surface area contributed by atoms with Crippen LogP contribution < -0.4 is 5.32 Å². The van der Waals surface area contributed by atoms with Gasteiger partial charge in [0.05, 0.1) is 30.3 Å². The molecule has 0 aliphatic rings. The summed E-state index contributed by atoms with van der Waals surface area (Å²) in [7, 11) is 2.47. The van der Waals surface area contributed by atoms with Gasteiger partial charge in [0.2, 0.25) is 0 Å². The summed E-state index contributed by atoms with van der Waals surface area (Å²) in [5.41, 5.74) is 1.29. The molecule has 0 unspecified atom stereocenters. The summed E-state index contributed by atoms with van der Waals surface area (Å²) in [6, 6.07) is 10.1.